The summed E-state index contributed by atoms with van der Waals surface area (Å²) in [7, 11) is 0. The molecule has 0 bridgehead atoms. The van der Waals surface area contributed by atoms with E-state index in [2.05, 4.69) is 0 Å². The summed E-state index contributed by atoms with van der Waals surface area (Å²) in [6.07, 6.45) is 0. The second-order valence-corrected chi connectivity index (χ2v) is 2.12. The van der Waals surface area contributed by atoms with Gasteiger partial charge in [-0.25, -0.2) is 0 Å². The van der Waals surface area contributed by atoms with Crippen LogP contribution in [0.1, 0.15) is 1.43 Å². The van der Waals surface area contributed by atoms with Crippen LogP contribution in [0, 0.1) is 0 Å². The van der Waals surface area contributed by atoms with Gasteiger partial charge < -0.3 is 1.43 Å². The van der Waals surface area contributed by atoms with Gasteiger partial charge in [0.05, 0.1) is 11.8 Å². The standard InChI is InChI=1S/C2F6S.K.H/c3-1(4,5)9-2(6,7)8;;/q;+1;-1. The summed E-state index contributed by atoms with van der Waals surface area (Å²) in [6.45, 7) is 0. The fraction of sp³-hybridized carbons (Fsp3) is 1.00. The van der Waals surface area contributed by atoms with Gasteiger partial charge >= 0.3 is 62.4 Å². The Morgan fingerprint density at radius 3 is 1.00 bits per heavy atom. The van der Waals surface area contributed by atoms with E-state index in [0.29, 0.717) is 0 Å². The first-order chi connectivity index (χ1) is 3.71. The maximum absolute atomic E-state index is 10.8. The first kappa shape index (κ1) is 14.1. The van der Waals surface area contributed by atoms with Gasteiger partial charge in [0.25, 0.3) is 0 Å². The summed E-state index contributed by atoms with van der Waals surface area (Å²) in [5.41, 5.74) is -10.4. The zero-order valence-corrected chi connectivity index (χ0v) is 8.62. The fourth-order valence-electron chi connectivity index (χ4n) is 0.131. The summed E-state index contributed by atoms with van der Waals surface area (Å²) in [5, 5.41) is 0. The van der Waals surface area contributed by atoms with Crippen molar-refractivity contribution in [3.63, 3.8) is 0 Å². The SMILES string of the molecule is FC(F)(F)SC(F)(F)F.[H-].[K+]. The second kappa shape index (κ2) is 4.56. The monoisotopic (exact) mass is 210 g/mol. The Bertz CT molecular complexity index is 85.7. The molecule has 0 rings (SSSR count). The minimum atomic E-state index is -5.22. The van der Waals surface area contributed by atoms with Gasteiger partial charge in [-0.15, -0.1) is 0 Å². The van der Waals surface area contributed by atoms with Gasteiger partial charge in [-0.1, -0.05) is 0 Å². The summed E-state index contributed by atoms with van der Waals surface area (Å²) in [6, 6.07) is 0. The Labute approximate surface area is 101 Å². The molecule has 0 N–H and O–H groups in total. The molecule has 0 radical (unpaired) electrons. The van der Waals surface area contributed by atoms with Crippen LogP contribution in [-0.4, -0.2) is 11.0 Å². The van der Waals surface area contributed by atoms with Crippen LogP contribution in [0.25, 0.3) is 0 Å². The van der Waals surface area contributed by atoms with Crippen LogP contribution >= 0.6 is 11.8 Å². The molecule has 0 unspecified atom stereocenters. The smallest absolute Gasteiger partial charge is 1.00 e. The molecule has 0 spiro atoms. The van der Waals surface area contributed by atoms with E-state index in [-0.39, 0.29) is 52.8 Å². The van der Waals surface area contributed by atoms with Gasteiger partial charge in [-0.3, -0.25) is 0 Å². The Kier molecular flexibility index (Phi) is 6.43. The molecule has 0 aliphatic carbocycles. The third kappa shape index (κ3) is 12.3. The molecule has 10 heavy (non-hydrogen) atoms. The van der Waals surface area contributed by atoms with Crippen LogP contribution in [0.5, 0.6) is 0 Å². The van der Waals surface area contributed by atoms with Crippen molar-refractivity contribution in [3.05, 3.63) is 0 Å². The average molecular weight is 210 g/mol. The van der Waals surface area contributed by atoms with E-state index in [0.717, 1.165) is 0 Å². The molecule has 0 aromatic carbocycles. The molecule has 0 aliphatic rings. The zero-order chi connectivity index (χ0) is 7.71. The van der Waals surface area contributed by atoms with Crippen molar-refractivity contribution in [2.75, 3.05) is 0 Å². The quantitative estimate of drug-likeness (QED) is 0.396. The number of halogens is 6. The maximum Gasteiger partial charge on any atom is 1.00 e. The zero-order valence-electron chi connectivity index (χ0n) is 5.68. The minimum Gasteiger partial charge on any atom is -1.00 e. The molecular weight excluding hydrogens is 209 g/mol. The molecule has 0 nitrogen and oxygen atoms in total. The van der Waals surface area contributed by atoms with E-state index in [1.54, 1.807) is 0 Å². The summed E-state index contributed by atoms with van der Waals surface area (Å²) < 4.78 is 64.8. The molecule has 0 saturated heterocycles. The predicted octanol–water partition coefficient (Wildman–Crippen LogP) is -0.124. The molecule has 0 saturated carbocycles. The number of thioether (sulfide) groups is 1. The van der Waals surface area contributed by atoms with Gasteiger partial charge in [0.1, 0.15) is 0 Å². The second-order valence-electron chi connectivity index (χ2n) is 0.994. The van der Waals surface area contributed by atoms with Crippen molar-refractivity contribution in [3.8, 4) is 0 Å². The number of hydrogen-bond donors (Lipinski definition) is 0. The molecule has 0 aromatic heterocycles. The fourth-order valence-corrected chi connectivity index (χ4v) is 0.394. The molecule has 0 aliphatic heterocycles. The molecule has 8 heteroatoms. The topological polar surface area (TPSA) is 0 Å². The van der Waals surface area contributed by atoms with E-state index in [4.69, 9.17) is 0 Å². The molecule has 0 fully saturated rings. The molecule has 0 aromatic rings. The molecule has 0 amide bonds. The van der Waals surface area contributed by atoms with Gasteiger partial charge in [-0.2, -0.15) is 26.3 Å². The van der Waals surface area contributed by atoms with Crippen molar-refractivity contribution in [1.82, 2.24) is 0 Å². The number of hydrogen-bond acceptors (Lipinski definition) is 1. The van der Waals surface area contributed by atoms with Crippen molar-refractivity contribution in [2.45, 2.75) is 11.0 Å². The van der Waals surface area contributed by atoms with Crippen LogP contribution in [0.15, 0.2) is 0 Å². The predicted molar refractivity (Wildman–Crippen MR) is 20.8 cm³/mol. The molecule has 0 heterocycles. The van der Waals surface area contributed by atoms with Crippen LogP contribution in [0.4, 0.5) is 26.3 Å². The summed E-state index contributed by atoms with van der Waals surface area (Å²) >= 11 is -1.99. The third-order valence-electron chi connectivity index (χ3n) is 0.231. The van der Waals surface area contributed by atoms with E-state index in [1.807, 2.05) is 0 Å². The van der Waals surface area contributed by atoms with Gasteiger partial charge in [0.2, 0.25) is 0 Å². The minimum absolute atomic E-state index is 0. The van der Waals surface area contributed by atoms with Gasteiger partial charge in [0, 0.05) is 0 Å². The van der Waals surface area contributed by atoms with Crippen LogP contribution in [0.2, 0.25) is 0 Å². The molecule has 0 atom stereocenters. The van der Waals surface area contributed by atoms with Crippen LogP contribution in [0.3, 0.4) is 0 Å². The number of rotatable bonds is 0. The Balaban J connectivity index is -0.000000320. The van der Waals surface area contributed by atoms with Crippen LogP contribution < -0.4 is 51.4 Å². The van der Waals surface area contributed by atoms with E-state index >= 15 is 0 Å². The molecule has 58 valence electrons. The average Bonchev–Trinajstić information content (AvgIpc) is 1.14. The van der Waals surface area contributed by atoms with Crippen molar-refractivity contribution < 1.29 is 79.2 Å². The Hall–Kier alpha value is 1.57. The maximum atomic E-state index is 10.8. The van der Waals surface area contributed by atoms with Crippen molar-refractivity contribution in [1.29, 1.82) is 0 Å². The van der Waals surface area contributed by atoms with Crippen molar-refractivity contribution >= 4 is 11.8 Å². The van der Waals surface area contributed by atoms with E-state index in [1.165, 1.54) is 0 Å². The van der Waals surface area contributed by atoms with E-state index < -0.39 is 22.8 Å². The summed E-state index contributed by atoms with van der Waals surface area (Å²) in [5.74, 6) is 0. The molecular formula is C2HF6KS. The number of alkyl halides is 6. The Morgan fingerprint density at radius 1 is 0.800 bits per heavy atom. The van der Waals surface area contributed by atoms with Crippen molar-refractivity contribution in [2.24, 2.45) is 0 Å². The largest absolute Gasteiger partial charge is 1.00 e. The van der Waals surface area contributed by atoms with E-state index in [9.17, 15) is 26.3 Å². The normalized spacial score (nSPS) is 12.6. The third-order valence-corrected chi connectivity index (χ3v) is 0.694. The van der Waals surface area contributed by atoms with Gasteiger partial charge in [-0.05, 0) is 0 Å². The van der Waals surface area contributed by atoms with Gasteiger partial charge in [0.15, 0.2) is 0 Å². The Morgan fingerprint density at radius 2 is 1.00 bits per heavy atom. The first-order valence-corrected chi connectivity index (χ1v) is 2.36. The summed E-state index contributed by atoms with van der Waals surface area (Å²) in [4.78, 5) is 0. The van der Waals surface area contributed by atoms with Crippen LogP contribution in [-0.2, 0) is 0 Å². The first-order valence-electron chi connectivity index (χ1n) is 1.54.